The highest BCUT2D eigenvalue weighted by molar-refractivity contribution is 5.99. The number of carbonyl (C=O) groups is 1. The number of hydrogen-bond acceptors (Lipinski definition) is 5. The molecular formula is C26H21NO5. The second-order valence-corrected chi connectivity index (χ2v) is 7.95. The van der Waals surface area contributed by atoms with Gasteiger partial charge in [0.05, 0.1) is 24.1 Å². The van der Waals surface area contributed by atoms with Crippen LogP contribution in [0.4, 0.5) is 0 Å². The van der Waals surface area contributed by atoms with Gasteiger partial charge < -0.3 is 19.2 Å². The SMILES string of the molecule is COc1ccc(CN2C(=O)c3oc4ccc(C)cc4c(=O)c3[C@H]2c2cccc(O)c2)cc1. The van der Waals surface area contributed by atoms with Crippen LogP contribution in [-0.2, 0) is 6.54 Å². The van der Waals surface area contributed by atoms with Crippen LogP contribution < -0.4 is 10.2 Å². The number of aromatic hydroxyl groups is 1. The van der Waals surface area contributed by atoms with E-state index in [0.29, 0.717) is 27.8 Å². The quantitative estimate of drug-likeness (QED) is 0.516. The number of aryl methyl sites for hydroxylation is 1. The van der Waals surface area contributed by atoms with E-state index in [4.69, 9.17) is 9.15 Å². The number of fused-ring (bicyclic) bond motifs is 2. The van der Waals surface area contributed by atoms with Gasteiger partial charge >= 0.3 is 0 Å². The van der Waals surface area contributed by atoms with Gasteiger partial charge in [-0.2, -0.15) is 0 Å². The molecule has 0 saturated heterocycles. The Labute approximate surface area is 184 Å². The molecule has 0 spiro atoms. The predicted molar refractivity (Wildman–Crippen MR) is 120 cm³/mol. The summed E-state index contributed by atoms with van der Waals surface area (Å²) in [5, 5.41) is 10.5. The molecule has 1 aliphatic rings. The van der Waals surface area contributed by atoms with E-state index >= 15 is 0 Å². The lowest BCUT2D eigenvalue weighted by molar-refractivity contribution is 0.0714. The van der Waals surface area contributed by atoms with Crippen molar-refractivity contribution in [3.63, 3.8) is 0 Å². The molecule has 0 bridgehead atoms. The van der Waals surface area contributed by atoms with E-state index in [1.807, 2.05) is 37.3 Å². The van der Waals surface area contributed by atoms with Crippen molar-refractivity contribution in [2.24, 2.45) is 0 Å². The molecule has 2 heterocycles. The fraction of sp³-hybridized carbons (Fsp3) is 0.154. The van der Waals surface area contributed by atoms with Gasteiger partial charge in [-0.3, -0.25) is 9.59 Å². The van der Waals surface area contributed by atoms with E-state index in [-0.39, 0.29) is 29.4 Å². The molecule has 1 atom stereocenters. The summed E-state index contributed by atoms with van der Waals surface area (Å²) >= 11 is 0. The highest BCUT2D eigenvalue weighted by atomic mass is 16.5. The van der Waals surface area contributed by atoms with Gasteiger partial charge in [-0.1, -0.05) is 35.9 Å². The van der Waals surface area contributed by atoms with E-state index in [0.717, 1.165) is 11.1 Å². The van der Waals surface area contributed by atoms with Gasteiger partial charge in [0.25, 0.3) is 5.91 Å². The predicted octanol–water partition coefficient (Wildman–Crippen LogP) is 4.56. The van der Waals surface area contributed by atoms with Crippen molar-refractivity contribution in [3.05, 3.63) is 105 Å². The second-order valence-electron chi connectivity index (χ2n) is 7.95. The van der Waals surface area contributed by atoms with Crippen LogP contribution in [0.25, 0.3) is 11.0 Å². The molecule has 6 nitrogen and oxygen atoms in total. The summed E-state index contributed by atoms with van der Waals surface area (Å²) in [6.07, 6.45) is 0. The van der Waals surface area contributed by atoms with E-state index in [1.54, 1.807) is 48.4 Å². The molecule has 4 aromatic rings. The molecule has 5 rings (SSSR count). The van der Waals surface area contributed by atoms with Crippen molar-refractivity contribution < 1.29 is 19.1 Å². The number of rotatable bonds is 4. The van der Waals surface area contributed by atoms with Crippen LogP contribution in [0.5, 0.6) is 11.5 Å². The van der Waals surface area contributed by atoms with Crippen LogP contribution in [0.15, 0.2) is 75.9 Å². The molecule has 0 aliphatic carbocycles. The molecule has 6 heteroatoms. The molecule has 1 aromatic heterocycles. The van der Waals surface area contributed by atoms with Gasteiger partial charge in [0, 0.05) is 6.54 Å². The average Bonchev–Trinajstić information content (AvgIpc) is 3.07. The van der Waals surface area contributed by atoms with Crippen molar-refractivity contribution in [1.82, 2.24) is 4.90 Å². The molecule has 0 radical (unpaired) electrons. The molecule has 32 heavy (non-hydrogen) atoms. The van der Waals surface area contributed by atoms with E-state index in [2.05, 4.69) is 0 Å². The average molecular weight is 427 g/mol. The Kier molecular flexibility index (Phi) is 4.70. The van der Waals surface area contributed by atoms with E-state index < -0.39 is 6.04 Å². The first kappa shape index (κ1) is 19.9. The summed E-state index contributed by atoms with van der Waals surface area (Å²) in [6, 6.07) is 18.7. The molecule has 0 fully saturated rings. The van der Waals surface area contributed by atoms with Crippen LogP contribution in [0.1, 0.15) is 38.9 Å². The Morgan fingerprint density at radius 1 is 1.03 bits per heavy atom. The number of nitrogens with zero attached hydrogens (tertiary/aromatic N) is 1. The number of phenols is 1. The zero-order valence-electron chi connectivity index (χ0n) is 17.7. The molecule has 160 valence electrons. The lowest BCUT2D eigenvalue weighted by Crippen LogP contribution is -2.29. The minimum Gasteiger partial charge on any atom is -0.508 e. The van der Waals surface area contributed by atoms with Gasteiger partial charge in [0.1, 0.15) is 17.1 Å². The molecule has 0 saturated carbocycles. The molecule has 1 N–H and O–H groups in total. The van der Waals surface area contributed by atoms with Crippen LogP contribution in [0.3, 0.4) is 0 Å². The Morgan fingerprint density at radius 3 is 2.53 bits per heavy atom. The summed E-state index contributed by atoms with van der Waals surface area (Å²) in [7, 11) is 1.59. The van der Waals surface area contributed by atoms with Crippen LogP contribution >= 0.6 is 0 Å². The number of phenolic OH excluding ortho intramolecular Hbond substituents is 1. The van der Waals surface area contributed by atoms with Crippen LogP contribution in [-0.4, -0.2) is 23.0 Å². The van der Waals surface area contributed by atoms with Gasteiger partial charge in [-0.15, -0.1) is 0 Å². The van der Waals surface area contributed by atoms with Crippen molar-refractivity contribution >= 4 is 16.9 Å². The Hall–Kier alpha value is -4.06. The third-order valence-corrected chi connectivity index (χ3v) is 5.82. The Morgan fingerprint density at radius 2 is 1.81 bits per heavy atom. The van der Waals surface area contributed by atoms with Crippen molar-refractivity contribution in [3.8, 4) is 11.5 Å². The minimum atomic E-state index is -0.673. The first-order valence-corrected chi connectivity index (χ1v) is 10.3. The standard InChI is InChI=1S/C26H21NO5/c1-15-6-11-21-20(12-15)24(29)22-23(17-4-3-5-18(28)13-17)27(26(30)25(22)32-21)14-16-7-9-19(31-2)10-8-16/h3-13,23,28H,14H2,1-2H3/t23-/m1/s1. The van der Waals surface area contributed by atoms with Crippen molar-refractivity contribution in [1.29, 1.82) is 0 Å². The maximum Gasteiger partial charge on any atom is 0.291 e. The zero-order valence-corrected chi connectivity index (χ0v) is 17.7. The summed E-state index contributed by atoms with van der Waals surface area (Å²) in [4.78, 5) is 28.6. The van der Waals surface area contributed by atoms with Gasteiger partial charge in [-0.05, 0) is 54.4 Å². The summed E-state index contributed by atoms with van der Waals surface area (Å²) in [5.74, 6) is 0.471. The molecule has 0 unspecified atom stereocenters. The molecule has 1 amide bonds. The molecular weight excluding hydrogens is 406 g/mol. The maximum atomic E-state index is 13.6. The highest BCUT2D eigenvalue weighted by Gasteiger charge is 2.42. The van der Waals surface area contributed by atoms with Crippen LogP contribution in [0.2, 0.25) is 0 Å². The second kappa shape index (κ2) is 7.57. The Balaban J connectivity index is 1.70. The fourth-order valence-corrected chi connectivity index (χ4v) is 4.27. The number of hydrogen-bond donors (Lipinski definition) is 1. The van der Waals surface area contributed by atoms with Gasteiger partial charge in [0.15, 0.2) is 5.43 Å². The first-order valence-electron chi connectivity index (χ1n) is 10.3. The number of methoxy groups -OCH3 is 1. The zero-order chi connectivity index (χ0) is 22.4. The highest BCUT2D eigenvalue weighted by Crippen LogP contribution is 2.40. The van der Waals surface area contributed by atoms with Crippen LogP contribution in [0, 0.1) is 6.92 Å². The molecule has 1 aliphatic heterocycles. The summed E-state index contributed by atoms with van der Waals surface area (Å²) < 4.78 is 11.2. The smallest absolute Gasteiger partial charge is 0.291 e. The number of benzene rings is 3. The first-order chi connectivity index (χ1) is 15.5. The largest absolute Gasteiger partial charge is 0.508 e. The number of amides is 1. The third-order valence-electron chi connectivity index (χ3n) is 5.82. The fourth-order valence-electron chi connectivity index (χ4n) is 4.27. The number of carbonyl (C=O) groups excluding carboxylic acids is 1. The Bertz CT molecular complexity index is 1400. The third kappa shape index (κ3) is 3.21. The van der Waals surface area contributed by atoms with E-state index in [1.165, 1.54) is 0 Å². The van der Waals surface area contributed by atoms with Crippen molar-refractivity contribution in [2.45, 2.75) is 19.5 Å². The lowest BCUT2D eigenvalue weighted by Gasteiger charge is -2.25. The van der Waals surface area contributed by atoms with Gasteiger partial charge in [0.2, 0.25) is 5.76 Å². The molecule has 3 aromatic carbocycles. The topological polar surface area (TPSA) is 80.0 Å². The maximum absolute atomic E-state index is 13.6. The van der Waals surface area contributed by atoms with Crippen molar-refractivity contribution in [2.75, 3.05) is 7.11 Å². The monoisotopic (exact) mass is 427 g/mol. The number of ether oxygens (including phenoxy) is 1. The van der Waals surface area contributed by atoms with Gasteiger partial charge in [-0.25, -0.2) is 0 Å². The normalized spacial score (nSPS) is 15.2. The summed E-state index contributed by atoms with van der Waals surface area (Å²) in [5.41, 5.74) is 2.90. The summed E-state index contributed by atoms with van der Waals surface area (Å²) in [6.45, 7) is 2.17. The minimum absolute atomic E-state index is 0.0493. The lowest BCUT2D eigenvalue weighted by atomic mass is 9.97. The van der Waals surface area contributed by atoms with E-state index in [9.17, 15) is 14.7 Å².